The van der Waals surface area contributed by atoms with Crippen molar-refractivity contribution >= 4 is 29.1 Å². The zero-order valence-electron chi connectivity index (χ0n) is 18.6. The second-order valence-corrected chi connectivity index (χ2v) is 7.22. The minimum Gasteiger partial charge on any atom is -0.497 e. The molecule has 0 aliphatic carbocycles. The molecule has 0 fully saturated rings. The lowest BCUT2D eigenvalue weighted by Gasteiger charge is -2.23. The van der Waals surface area contributed by atoms with Crippen LogP contribution in [0, 0.1) is 5.82 Å². The first-order valence-corrected chi connectivity index (χ1v) is 10.6. The third-order valence-corrected chi connectivity index (χ3v) is 4.95. The number of nitrogens with one attached hydrogen (secondary N) is 3. The van der Waals surface area contributed by atoms with Crippen LogP contribution in [0.5, 0.6) is 5.75 Å². The van der Waals surface area contributed by atoms with Crippen LogP contribution in [0.4, 0.5) is 31.0 Å². The lowest BCUT2D eigenvalue weighted by atomic mass is 10.1. The van der Waals surface area contributed by atoms with Crippen molar-refractivity contribution in [1.29, 1.82) is 0 Å². The fraction of sp³-hybridized carbons (Fsp3) is 0.200. The van der Waals surface area contributed by atoms with Crippen LogP contribution in [-0.4, -0.2) is 32.3 Å². The van der Waals surface area contributed by atoms with Crippen LogP contribution in [0.2, 0.25) is 0 Å². The van der Waals surface area contributed by atoms with Crippen molar-refractivity contribution in [3.63, 3.8) is 0 Å². The Kier molecular flexibility index (Phi) is 8.24. The largest absolute Gasteiger partial charge is 0.497 e. The van der Waals surface area contributed by atoms with Crippen molar-refractivity contribution < 1.29 is 18.7 Å². The van der Waals surface area contributed by atoms with E-state index in [9.17, 15) is 14.0 Å². The Morgan fingerprint density at radius 1 is 0.939 bits per heavy atom. The Bertz CT molecular complexity index is 1070. The molecule has 0 radical (unpaired) electrons. The van der Waals surface area contributed by atoms with Gasteiger partial charge >= 0.3 is 12.1 Å². The first-order chi connectivity index (χ1) is 16.0. The van der Waals surface area contributed by atoms with Crippen molar-refractivity contribution in [3.05, 3.63) is 84.2 Å². The molecule has 3 aromatic carbocycles. The number of methoxy groups -OCH3 is 1. The molecule has 3 N–H and O–H groups in total. The number of urea groups is 2. The number of carbonyl (C=O) groups is 2. The molecule has 3 rings (SSSR count). The summed E-state index contributed by atoms with van der Waals surface area (Å²) in [6.45, 7) is 2.41. The summed E-state index contributed by atoms with van der Waals surface area (Å²) in [5.41, 5.74) is 2.90. The third-order valence-electron chi connectivity index (χ3n) is 4.95. The van der Waals surface area contributed by atoms with Crippen LogP contribution in [-0.2, 0) is 6.42 Å². The number of amides is 4. The van der Waals surface area contributed by atoms with E-state index in [2.05, 4.69) is 22.9 Å². The molecule has 4 amide bonds. The number of nitrogens with zero attached hydrogens (tertiary/aromatic N) is 1. The predicted molar refractivity (Wildman–Crippen MR) is 129 cm³/mol. The molecule has 0 heterocycles. The van der Waals surface area contributed by atoms with Gasteiger partial charge in [0.05, 0.1) is 7.11 Å². The van der Waals surface area contributed by atoms with Crippen LogP contribution < -0.4 is 25.6 Å². The average molecular weight is 451 g/mol. The van der Waals surface area contributed by atoms with Crippen molar-refractivity contribution in [2.24, 2.45) is 0 Å². The fourth-order valence-electron chi connectivity index (χ4n) is 3.14. The van der Waals surface area contributed by atoms with Gasteiger partial charge in [-0.1, -0.05) is 25.1 Å². The monoisotopic (exact) mass is 450 g/mol. The molecule has 0 saturated carbocycles. The zero-order valence-corrected chi connectivity index (χ0v) is 18.6. The summed E-state index contributed by atoms with van der Waals surface area (Å²) < 4.78 is 18.6. The van der Waals surface area contributed by atoms with E-state index in [4.69, 9.17) is 4.74 Å². The predicted octanol–water partition coefficient (Wildman–Crippen LogP) is 5.26. The van der Waals surface area contributed by atoms with E-state index in [1.165, 1.54) is 34.7 Å². The molecule has 33 heavy (non-hydrogen) atoms. The lowest BCUT2D eigenvalue weighted by Crippen LogP contribution is -2.42. The van der Waals surface area contributed by atoms with Gasteiger partial charge in [-0.15, -0.1) is 0 Å². The quantitative estimate of drug-likeness (QED) is 0.438. The van der Waals surface area contributed by atoms with Crippen molar-refractivity contribution in [3.8, 4) is 5.75 Å². The molecule has 0 aromatic heterocycles. The Morgan fingerprint density at radius 2 is 1.67 bits per heavy atom. The van der Waals surface area contributed by atoms with Crippen LogP contribution >= 0.6 is 0 Å². The second-order valence-electron chi connectivity index (χ2n) is 7.22. The third kappa shape index (κ3) is 6.96. The highest BCUT2D eigenvalue weighted by atomic mass is 19.1. The zero-order chi connectivity index (χ0) is 23.6. The van der Waals surface area contributed by atoms with Gasteiger partial charge in [0.1, 0.15) is 11.6 Å². The first kappa shape index (κ1) is 23.6. The summed E-state index contributed by atoms with van der Waals surface area (Å²) in [4.78, 5) is 26.7. The summed E-state index contributed by atoms with van der Waals surface area (Å²) in [6, 6.07) is 19.3. The maximum Gasteiger partial charge on any atom is 0.326 e. The molecule has 0 saturated heterocycles. The number of rotatable bonds is 8. The van der Waals surface area contributed by atoms with E-state index in [1.807, 2.05) is 24.3 Å². The molecule has 0 bridgehead atoms. The smallest absolute Gasteiger partial charge is 0.326 e. The molecule has 172 valence electrons. The van der Waals surface area contributed by atoms with Gasteiger partial charge in [0.2, 0.25) is 0 Å². The fourth-order valence-corrected chi connectivity index (χ4v) is 3.14. The van der Waals surface area contributed by atoms with Gasteiger partial charge in [-0.25, -0.2) is 14.0 Å². The lowest BCUT2D eigenvalue weighted by molar-refractivity contribution is 0.250. The number of carbonyl (C=O) groups excluding carboxylic acids is 2. The van der Waals surface area contributed by atoms with Crippen molar-refractivity contribution in [2.45, 2.75) is 13.3 Å². The number of hydrogen-bond acceptors (Lipinski definition) is 3. The molecule has 0 aliphatic heterocycles. The van der Waals surface area contributed by atoms with Gasteiger partial charge in [-0.3, -0.25) is 4.90 Å². The number of hydrogen-bond donors (Lipinski definition) is 3. The van der Waals surface area contributed by atoms with Gasteiger partial charge in [0.25, 0.3) is 0 Å². The maximum absolute atomic E-state index is 13.4. The SMILES string of the molecule is CCc1ccc(NC(=O)NCCN(C(=O)Nc2cccc(OC)c2)c2ccc(F)cc2)cc1. The molecule has 0 spiro atoms. The topological polar surface area (TPSA) is 82.7 Å². The van der Waals surface area contributed by atoms with Gasteiger partial charge in [0, 0.05) is 36.2 Å². The molecule has 7 nitrogen and oxygen atoms in total. The molecule has 3 aromatic rings. The highest BCUT2D eigenvalue weighted by Gasteiger charge is 2.17. The minimum absolute atomic E-state index is 0.170. The summed E-state index contributed by atoms with van der Waals surface area (Å²) in [6.07, 6.45) is 0.920. The van der Waals surface area contributed by atoms with Crippen LogP contribution in [0.25, 0.3) is 0 Å². The second kappa shape index (κ2) is 11.5. The van der Waals surface area contributed by atoms with Gasteiger partial charge in [-0.05, 0) is 60.5 Å². The number of benzene rings is 3. The molecule has 0 atom stereocenters. The Hall–Kier alpha value is -4.07. The van der Waals surface area contributed by atoms with Crippen LogP contribution in [0.3, 0.4) is 0 Å². The summed E-state index contributed by atoms with van der Waals surface area (Å²) in [5, 5.41) is 8.31. The summed E-state index contributed by atoms with van der Waals surface area (Å²) in [7, 11) is 1.54. The summed E-state index contributed by atoms with van der Waals surface area (Å²) >= 11 is 0. The van der Waals surface area contributed by atoms with E-state index in [-0.39, 0.29) is 19.1 Å². The standard InChI is InChI=1S/C25H27FN4O3/c1-3-18-7-11-20(12-8-18)28-24(31)27-15-16-30(22-13-9-19(26)10-14-22)25(32)29-21-5-4-6-23(17-21)33-2/h4-14,17H,3,15-16H2,1-2H3,(H,29,32)(H2,27,28,31). The number of halogens is 1. The number of aryl methyl sites for hydroxylation is 1. The van der Waals surface area contributed by atoms with E-state index < -0.39 is 11.8 Å². The molecule has 8 heteroatoms. The Morgan fingerprint density at radius 3 is 2.33 bits per heavy atom. The van der Waals surface area contributed by atoms with E-state index in [0.717, 1.165) is 6.42 Å². The number of anilines is 3. The summed E-state index contributed by atoms with van der Waals surface area (Å²) in [5.74, 6) is 0.199. The Labute approximate surface area is 192 Å². The number of ether oxygens (including phenoxy) is 1. The van der Waals surface area contributed by atoms with E-state index in [1.54, 1.807) is 31.4 Å². The molecular formula is C25H27FN4O3. The average Bonchev–Trinajstić information content (AvgIpc) is 2.83. The van der Waals surface area contributed by atoms with E-state index in [0.29, 0.717) is 22.8 Å². The molecular weight excluding hydrogens is 423 g/mol. The first-order valence-electron chi connectivity index (χ1n) is 10.6. The Balaban J connectivity index is 1.63. The minimum atomic E-state index is -0.424. The van der Waals surface area contributed by atoms with Crippen molar-refractivity contribution in [2.75, 3.05) is 35.7 Å². The highest BCUT2D eigenvalue weighted by Crippen LogP contribution is 2.20. The van der Waals surface area contributed by atoms with Gasteiger partial charge in [0.15, 0.2) is 0 Å². The normalized spacial score (nSPS) is 10.3. The maximum atomic E-state index is 13.4. The van der Waals surface area contributed by atoms with E-state index >= 15 is 0 Å². The van der Waals surface area contributed by atoms with Gasteiger partial charge in [-0.2, -0.15) is 0 Å². The van der Waals surface area contributed by atoms with Crippen LogP contribution in [0.1, 0.15) is 12.5 Å². The highest BCUT2D eigenvalue weighted by molar-refractivity contribution is 6.02. The molecule has 0 unspecified atom stereocenters. The molecule has 0 aliphatic rings. The van der Waals surface area contributed by atoms with Crippen LogP contribution in [0.15, 0.2) is 72.8 Å². The van der Waals surface area contributed by atoms with Gasteiger partial charge < -0.3 is 20.7 Å². The van der Waals surface area contributed by atoms with Crippen molar-refractivity contribution in [1.82, 2.24) is 5.32 Å².